The summed E-state index contributed by atoms with van der Waals surface area (Å²) >= 11 is 0. The molecule has 0 bridgehead atoms. The second-order valence-corrected chi connectivity index (χ2v) is 3.75. The Hall–Kier alpha value is -1.28. The molecule has 0 radical (unpaired) electrons. The largest absolute Gasteiger partial charge is 0.192 e. The van der Waals surface area contributed by atoms with Crippen molar-refractivity contribution in [1.29, 1.82) is 10.5 Å². The summed E-state index contributed by atoms with van der Waals surface area (Å²) in [6.07, 6.45) is 11.5. The molecule has 0 rings (SSSR count). The van der Waals surface area contributed by atoms with Gasteiger partial charge in [0.1, 0.15) is 17.7 Å². The van der Waals surface area contributed by atoms with E-state index in [4.69, 9.17) is 10.5 Å². The highest BCUT2D eigenvalue weighted by atomic mass is 14.3. The fraction of sp³-hybridized carbons (Fsp3) is 0.692. The van der Waals surface area contributed by atoms with Crippen molar-refractivity contribution in [1.82, 2.24) is 0 Å². The topological polar surface area (TPSA) is 47.6 Å². The molecule has 0 aliphatic heterocycles. The number of hydrogen-bond acceptors (Lipinski definition) is 2. The number of unbranched alkanes of at least 4 members (excludes halogenated alkanes) is 7. The molecule has 0 aromatic rings. The molecule has 0 saturated carbocycles. The van der Waals surface area contributed by atoms with Crippen LogP contribution < -0.4 is 0 Å². The Morgan fingerprint density at radius 1 is 0.933 bits per heavy atom. The molecule has 0 aliphatic carbocycles. The van der Waals surface area contributed by atoms with Gasteiger partial charge in [-0.05, 0) is 12.8 Å². The summed E-state index contributed by atoms with van der Waals surface area (Å²) in [4.78, 5) is 0. The van der Waals surface area contributed by atoms with Gasteiger partial charge in [-0.1, -0.05) is 51.5 Å². The summed E-state index contributed by atoms with van der Waals surface area (Å²) in [6.45, 7) is 2.22. The molecule has 0 heterocycles. The monoisotopic (exact) mass is 204 g/mol. The molecular weight excluding hydrogens is 184 g/mol. The third-order valence-corrected chi connectivity index (χ3v) is 2.40. The van der Waals surface area contributed by atoms with Crippen LogP contribution in [0.15, 0.2) is 11.6 Å². The highest BCUT2D eigenvalue weighted by molar-refractivity contribution is 5.34. The summed E-state index contributed by atoms with van der Waals surface area (Å²) in [5.74, 6) is 0. The lowest BCUT2D eigenvalue weighted by Gasteiger charge is -1.98. The molecule has 2 heteroatoms. The lowest BCUT2D eigenvalue weighted by atomic mass is 10.1. The molecule has 0 spiro atoms. The minimum atomic E-state index is 0.251. The van der Waals surface area contributed by atoms with E-state index in [-0.39, 0.29) is 5.57 Å². The van der Waals surface area contributed by atoms with E-state index in [1.165, 1.54) is 38.5 Å². The van der Waals surface area contributed by atoms with Gasteiger partial charge >= 0.3 is 0 Å². The molecule has 2 nitrogen and oxygen atoms in total. The molecule has 15 heavy (non-hydrogen) atoms. The zero-order valence-corrected chi connectivity index (χ0v) is 9.63. The molecule has 0 saturated heterocycles. The lowest BCUT2D eigenvalue weighted by molar-refractivity contribution is 0.592. The Bertz CT molecular complexity index is 237. The number of nitriles is 2. The fourth-order valence-corrected chi connectivity index (χ4v) is 1.46. The first-order chi connectivity index (χ1) is 7.35. The van der Waals surface area contributed by atoms with Crippen molar-refractivity contribution in [3.8, 4) is 12.1 Å². The Morgan fingerprint density at radius 2 is 1.47 bits per heavy atom. The molecule has 0 amide bonds. The Kier molecular flexibility index (Phi) is 9.88. The van der Waals surface area contributed by atoms with Crippen LogP contribution in [0.25, 0.3) is 0 Å². The Balaban J connectivity index is 3.30. The molecule has 0 aliphatic rings. The van der Waals surface area contributed by atoms with Gasteiger partial charge in [-0.2, -0.15) is 10.5 Å². The molecule has 0 N–H and O–H groups in total. The van der Waals surface area contributed by atoms with Gasteiger partial charge in [-0.15, -0.1) is 0 Å². The third kappa shape index (κ3) is 9.03. The first kappa shape index (κ1) is 13.7. The van der Waals surface area contributed by atoms with Crippen molar-refractivity contribution in [2.24, 2.45) is 0 Å². The second-order valence-electron chi connectivity index (χ2n) is 3.75. The van der Waals surface area contributed by atoms with E-state index in [2.05, 4.69) is 6.92 Å². The van der Waals surface area contributed by atoms with Gasteiger partial charge in [0.15, 0.2) is 0 Å². The summed E-state index contributed by atoms with van der Waals surface area (Å²) < 4.78 is 0. The SMILES string of the molecule is CCCCCCCCCC=C(C#N)C#N. The van der Waals surface area contributed by atoms with Crippen LogP contribution in [0.2, 0.25) is 0 Å². The molecule has 0 aromatic heterocycles. The first-order valence-electron chi connectivity index (χ1n) is 5.85. The van der Waals surface area contributed by atoms with Crippen LogP contribution in [-0.2, 0) is 0 Å². The van der Waals surface area contributed by atoms with Gasteiger partial charge in [0.05, 0.1) is 0 Å². The predicted octanol–water partition coefficient (Wildman–Crippen LogP) is 4.10. The van der Waals surface area contributed by atoms with Gasteiger partial charge in [-0.25, -0.2) is 0 Å². The Labute approximate surface area is 93.2 Å². The predicted molar refractivity (Wildman–Crippen MR) is 61.9 cm³/mol. The molecule has 82 valence electrons. The number of allylic oxidation sites excluding steroid dienone is 2. The van der Waals surface area contributed by atoms with E-state index in [0.717, 1.165) is 12.8 Å². The fourth-order valence-electron chi connectivity index (χ4n) is 1.46. The van der Waals surface area contributed by atoms with Crippen molar-refractivity contribution >= 4 is 0 Å². The average molecular weight is 204 g/mol. The normalized spacial score (nSPS) is 9.00. The van der Waals surface area contributed by atoms with Crippen molar-refractivity contribution < 1.29 is 0 Å². The molecule has 0 unspecified atom stereocenters. The van der Waals surface area contributed by atoms with Crippen molar-refractivity contribution in [2.75, 3.05) is 0 Å². The highest BCUT2D eigenvalue weighted by Crippen LogP contribution is 2.09. The molecular formula is C13H20N2. The van der Waals surface area contributed by atoms with E-state index >= 15 is 0 Å². The maximum atomic E-state index is 8.49. The second kappa shape index (κ2) is 10.8. The van der Waals surface area contributed by atoms with Gasteiger partial charge in [0.25, 0.3) is 0 Å². The minimum Gasteiger partial charge on any atom is -0.192 e. The molecule has 0 aromatic carbocycles. The van der Waals surface area contributed by atoms with E-state index in [0.29, 0.717) is 0 Å². The standard InChI is InChI=1S/C13H20N2/c1-2-3-4-5-6-7-8-9-10-13(11-14)12-15/h10H,2-9H2,1H3. The van der Waals surface area contributed by atoms with Crippen LogP contribution in [0, 0.1) is 22.7 Å². The average Bonchev–Trinajstić information content (AvgIpc) is 2.27. The highest BCUT2D eigenvalue weighted by Gasteiger charge is 1.92. The van der Waals surface area contributed by atoms with Gasteiger partial charge in [-0.3, -0.25) is 0 Å². The summed E-state index contributed by atoms with van der Waals surface area (Å²) in [5, 5.41) is 17.0. The maximum absolute atomic E-state index is 8.49. The third-order valence-electron chi connectivity index (χ3n) is 2.40. The summed E-state index contributed by atoms with van der Waals surface area (Å²) in [5.41, 5.74) is 0.251. The van der Waals surface area contributed by atoms with Gasteiger partial charge < -0.3 is 0 Å². The van der Waals surface area contributed by atoms with Crippen molar-refractivity contribution in [3.63, 3.8) is 0 Å². The smallest absolute Gasteiger partial charge is 0.125 e. The van der Waals surface area contributed by atoms with Gasteiger partial charge in [0.2, 0.25) is 0 Å². The van der Waals surface area contributed by atoms with Crippen LogP contribution in [0.5, 0.6) is 0 Å². The summed E-state index contributed by atoms with van der Waals surface area (Å²) in [6, 6.07) is 3.74. The van der Waals surface area contributed by atoms with E-state index in [1.54, 1.807) is 6.08 Å². The number of rotatable bonds is 8. The van der Waals surface area contributed by atoms with Crippen LogP contribution in [0.4, 0.5) is 0 Å². The van der Waals surface area contributed by atoms with Gasteiger partial charge in [0, 0.05) is 0 Å². The first-order valence-corrected chi connectivity index (χ1v) is 5.85. The summed E-state index contributed by atoms with van der Waals surface area (Å²) in [7, 11) is 0. The zero-order valence-electron chi connectivity index (χ0n) is 9.63. The Morgan fingerprint density at radius 3 is 2.00 bits per heavy atom. The zero-order chi connectivity index (χ0) is 11.4. The van der Waals surface area contributed by atoms with E-state index in [1.807, 2.05) is 12.1 Å². The number of hydrogen-bond donors (Lipinski definition) is 0. The van der Waals surface area contributed by atoms with Crippen molar-refractivity contribution in [3.05, 3.63) is 11.6 Å². The van der Waals surface area contributed by atoms with Crippen LogP contribution in [0.1, 0.15) is 58.3 Å². The van der Waals surface area contributed by atoms with Crippen molar-refractivity contribution in [2.45, 2.75) is 58.3 Å². The quantitative estimate of drug-likeness (QED) is 0.441. The lowest BCUT2D eigenvalue weighted by Crippen LogP contribution is -1.80. The number of nitrogens with zero attached hydrogens (tertiary/aromatic N) is 2. The molecule has 0 fully saturated rings. The van der Waals surface area contributed by atoms with Crippen LogP contribution in [-0.4, -0.2) is 0 Å². The minimum absolute atomic E-state index is 0.251. The van der Waals surface area contributed by atoms with E-state index in [9.17, 15) is 0 Å². The maximum Gasteiger partial charge on any atom is 0.125 e. The van der Waals surface area contributed by atoms with Crippen LogP contribution in [0.3, 0.4) is 0 Å². The van der Waals surface area contributed by atoms with Crippen LogP contribution >= 0.6 is 0 Å². The van der Waals surface area contributed by atoms with E-state index < -0.39 is 0 Å². The molecule has 0 atom stereocenters.